The van der Waals surface area contributed by atoms with Crippen LogP contribution in [0.2, 0.25) is 0 Å². The molecule has 16 heavy (non-hydrogen) atoms. The predicted molar refractivity (Wildman–Crippen MR) is 70.1 cm³/mol. The van der Waals surface area contributed by atoms with Crippen LogP contribution in [-0.2, 0) is 6.54 Å². The third-order valence-electron chi connectivity index (χ3n) is 3.04. The Hall–Kier alpha value is -0.610. The number of aromatic nitrogens is 1. The van der Waals surface area contributed by atoms with E-state index < -0.39 is 0 Å². The van der Waals surface area contributed by atoms with Crippen LogP contribution < -0.4 is 10.2 Å². The number of nitrogens with zero attached hydrogens (tertiary/aromatic N) is 2. The first kappa shape index (κ1) is 11.9. The summed E-state index contributed by atoms with van der Waals surface area (Å²) in [6, 6.07) is 0. The van der Waals surface area contributed by atoms with Gasteiger partial charge in [-0.05, 0) is 18.4 Å². The molecule has 0 unspecified atom stereocenters. The molecule has 90 valence electrons. The molecular formula is C12H21N3S. The molecule has 4 heteroatoms. The van der Waals surface area contributed by atoms with E-state index in [9.17, 15) is 0 Å². The van der Waals surface area contributed by atoms with E-state index in [0.717, 1.165) is 26.2 Å². The summed E-state index contributed by atoms with van der Waals surface area (Å²) in [5.74, 6) is 0. The minimum absolute atomic E-state index is 0.452. The first-order valence-electron chi connectivity index (χ1n) is 6.01. The maximum Gasteiger partial charge on any atom is 0.185 e. The Morgan fingerprint density at radius 1 is 1.56 bits per heavy atom. The molecule has 2 rings (SSSR count). The summed E-state index contributed by atoms with van der Waals surface area (Å²) in [4.78, 5) is 7.09. The van der Waals surface area contributed by atoms with Crippen LogP contribution in [0.3, 0.4) is 0 Å². The van der Waals surface area contributed by atoms with Crippen LogP contribution in [0.1, 0.15) is 32.9 Å². The van der Waals surface area contributed by atoms with Gasteiger partial charge in [0, 0.05) is 25.0 Å². The van der Waals surface area contributed by atoms with Gasteiger partial charge in [-0.15, -0.1) is 11.3 Å². The normalized spacial score (nSPS) is 19.3. The summed E-state index contributed by atoms with van der Waals surface area (Å²) in [6.45, 7) is 11.0. The maximum atomic E-state index is 4.68. The minimum Gasteiger partial charge on any atom is -0.348 e. The molecule has 1 aliphatic rings. The van der Waals surface area contributed by atoms with Crippen LogP contribution in [0.25, 0.3) is 0 Å². The van der Waals surface area contributed by atoms with Gasteiger partial charge >= 0.3 is 0 Å². The van der Waals surface area contributed by atoms with Crippen LogP contribution in [0.15, 0.2) is 5.38 Å². The number of hydrogen-bond donors (Lipinski definition) is 1. The molecule has 1 fully saturated rings. The molecule has 1 aromatic rings. The van der Waals surface area contributed by atoms with Crippen molar-refractivity contribution in [3.8, 4) is 0 Å². The fourth-order valence-electron chi connectivity index (χ4n) is 2.05. The summed E-state index contributed by atoms with van der Waals surface area (Å²) in [7, 11) is 0. The van der Waals surface area contributed by atoms with Crippen molar-refractivity contribution >= 4 is 16.5 Å². The fourth-order valence-corrected chi connectivity index (χ4v) is 2.90. The van der Waals surface area contributed by atoms with E-state index in [1.807, 2.05) is 0 Å². The molecule has 1 saturated heterocycles. The van der Waals surface area contributed by atoms with E-state index >= 15 is 0 Å². The molecule has 0 saturated carbocycles. The lowest BCUT2D eigenvalue weighted by Crippen LogP contribution is -2.22. The third kappa shape index (κ3) is 2.74. The first-order valence-corrected chi connectivity index (χ1v) is 6.89. The molecule has 0 atom stereocenters. The van der Waals surface area contributed by atoms with Crippen molar-refractivity contribution in [1.82, 2.24) is 10.3 Å². The van der Waals surface area contributed by atoms with Gasteiger partial charge in [0.25, 0.3) is 0 Å². The van der Waals surface area contributed by atoms with Gasteiger partial charge in [0.05, 0.1) is 5.69 Å². The Kier molecular flexibility index (Phi) is 3.50. The zero-order chi connectivity index (χ0) is 11.6. The molecule has 1 aromatic heterocycles. The van der Waals surface area contributed by atoms with Crippen LogP contribution in [-0.4, -0.2) is 24.6 Å². The quantitative estimate of drug-likeness (QED) is 0.875. The summed E-state index contributed by atoms with van der Waals surface area (Å²) in [6.07, 6.45) is 1.27. The molecule has 0 radical (unpaired) electrons. The molecule has 3 nitrogen and oxygen atoms in total. The van der Waals surface area contributed by atoms with Crippen LogP contribution in [0.5, 0.6) is 0 Å². The van der Waals surface area contributed by atoms with E-state index in [0.29, 0.717) is 5.41 Å². The van der Waals surface area contributed by atoms with E-state index in [2.05, 4.69) is 41.4 Å². The lowest BCUT2D eigenvalue weighted by molar-refractivity contribution is 0.418. The largest absolute Gasteiger partial charge is 0.348 e. The zero-order valence-corrected chi connectivity index (χ0v) is 11.2. The zero-order valence-electron chi connectivity index (χ0n) is 10.4. The van der Waals surface area contributed by atoms with Gasteiger partial charge < -0.3 is 10.2 Å². The first-order chi connectivity index (χ1) is 7.61. The summed E-state index contributed by atoms with van der Waals surface area (Å²) in [5.41, 5.74) is 1.62. The second-order valence-electron chi connectivity index (χ2n) is 5.24. The Labute approximate surface area is 102 Å². The highest BCUT2D eigenvalue weighted by atomic mass is 32.1. The molecular weight excluding hydrogens is 218 g/mol. The average Bonchev–Trinajstić information content (AvgIpc) is 2.81. The number of rotatable bonds is 4. The van der Waals surface area contributed by atoms with Crippen molar-refractivity contribution in [3.05, 3.63) is 11.1 Å². The Morgan fingerprint density at radius 3 is 3.00 bits per heavy atom. The highest BCUT2D eigenvalue weighted by molar-refractivity contribution is 7.13. The number of nitrogens with one attached hydrogen (secondary N) is 1. The SMILES string of the molecule is CCNCc1csc(N2CCC(C)(C)C2)n1. The monoisotopic (exact) mass is 239 g/mol. The Bertz CT molecular complexity index is 346. The van der Waals surface area contributed by atoms with Crippen LogP contribution in [0, 0.1) is 5.41 Å². The number of thiazole rings is 1. The van der Waals surface area contributed by atoms with Gasteiger partial charge in [-0.25, -0.2) is 4.98 Å². The van der Waals surface area contributed by atoms with E-state index in [1.54, 1.807) is 11.3 Å². The smallest absolute Gasteiger partial charge is 0.185 e. The molecule has 0 bridgehead atoms. The number of anilines is 1. The van der Waals surface area contributed by atoms with Crippen molar-refractivity contribution in [2.45, 2.75) is 33.7 Å². The molecule has 0 aliphatic carbocycles. The van der Waals surface area contributed by atoms with Crippen molar-refractivity contribution < 1.29 is 0 Å². The van der Waals surface area contributed by atoms with Gasteiger partial charge in [-0.1, -0.05) is 20.8 Å². The Morgan fingerprint density at radius 2 is 2.38 bits per heavy atom. The van der Waals surface area contributed by atoms with Crippen molar-refractivity contribution in [2.24, 2.45) is 5.41 Å². The van der Waals surface area contributed by atoms with Gasteiger partial charge in [-0.2, -0.15) is 0 Å². The lowest BCUT2D eigenvalue weighted by Gasteiger charge is -2.18. The highest BCUT2D eigenvalue weighted by Crippen LogP contribution is 2.33. The van der Waals surface area contributed by atoms with Gasteiger partial charge in [0.1, 0.15) is 0 Å². The molecule has 1 N–H and O–H groups in total. The van der Waals surface area contributed by atoms with E-state index in [-0.39, 0.29) is 0 Å². The second-order valence-corrected chi connectivity index (χ2v) is 6.07. The standard InChI is InChI=1S/C12H21N3S/c1-4-13-7-10-8-16-11(14-10)15-6-5-12(2,3)9-15/h8,13H,4-7,9H2,1-3H3. The third-order valence-corrected chi connectivity index (χ3v) is 3.99. The molecule has 1 aliphatic heterocycles. The molecule has 2 heterocycles. The topological polar surface area (TPSA) is 28.2 Å². The fraction of sp³-hybridized carbons (Fsp3) is 0.750. The van der Waals surface area contributed by atoms with Crippen molar-refractivity contribution in [1.29, 1.82) is 0 Å². The van der Waals surface area contributed by atoms with Gasteiger partial charge in [-0.3, -0.25) is 0 Å². The van der Waals surface area contributed by atoms with Gasteiger partial charge in [0.2, 0.25) is 0 Å². The van der Waals surface area contributed by atoms with E-state index in [1.165, 1.54) is 17.2 Å². The minimum atomic E-state index is 0.452. The van der Waals surface area contributed by atoms with Gasteiger partial charge in [0.15, 0.2) is 5.13 Å². The van der Waals surface area contributed by atoms with Crippen LogP contribution >= 0.6 is 11.3 Å². The number of hydrogen-bond acceptors (Lipinski definition) is 4. The van der Waals surface area contributed by atoms with E-state index in [4.69, 9.17) is 0 Å². The summed E-state index contributed by atoms with van der Waals surface area (Å²) in [5, 5.41) is 6.67. The lowest BCUT2D eigenvalue weighted by atomic mass is 9.93. The summed E-state index contributed by atoms with van der Waals surface area (Å²) < 4.78 is 0. The maximum absolute atomic E-state index is 4.68. The van der Waals surface area contributed by atoms with Crippen molar-refractivity contribution in [2.75, 3.05) is 24.5 Å². The van der Waals surface area contributed by atoms with Crippen LogP contribution in [0.4, 0.5) is 5.13 Å². The molecule has 0 aromatic carbocycles. The predicted octanol–water partition coefficient (Wildman–Crippen LogP) is 2.49. The average molecular weight is 239 g/mol. The van der Waals surface area contributed by atoms with Crippen molar-refractivity contribution in [3.63, 3.8) is 0 Å². The highest BCUT2D eigenvalue weighted by Gasteiger charge is 2.30. The summed E-state index contributed by atoms with van der Waals surface area (Å²) >= 11 is 1.77. The Balaban J connectivity index is 1.97. The second kappa shape index (κ2) is 4.72. The molecule has 0 amide bonds. The molecule has 0 spiro atoms.